The van der Waals surface area contributed by atoms with Crippen molar-refractivity contribution in [3.63, 3.8) is 0 Å². The van der Waals surface area contributed by atoms with Crippen molar-refractivity contribution < 1.29 is 10.6 Å². The standard InChI is InChI=1S/C25H31FN4O.H2/c1-2-5-18-9-12-29-11-4-3-6-19-10-13-30-25(28-19)23(16-27-30)22-15-21(7-8-24(22)26)31-17-20(29)14-18;/h7-8,10,13,15-16,18,20H,2-6,9,11-12,14,17H2,1H3;1H/t18?,20-;/m1./s1. The third kappa shape index (κ3) is 4.31. The molecule has 2 aliphatic heterocycles. The first kappa shape index (κ1) is 20.4. The van der Waals surface area contributed by atoms with Gasteiger partial charge in [0.05, 0.1) is 6.20 Å². The maximum Gasteiger partial charge on any atom is 0.163 e. The van der Waals surface area contributed by atoms with Gasteiger partial charge in [0, 0.05) is 30.5 Å². The van der Waals surface area contributed by atoms with Crippen LogP contribution in [0.25, 0.3) is 16.8 Å². The summed E-state index contributed by atoms with van der Waals surface area (Å²) in [6.07, 6.45) is 11.8. The second-order valence-electron chi connectivity index (χ2n) is 9.02. The van der Waals surface area contributed by atoms with E-state index in [1.807, 2.05) is 12.3 Å². The van der Waals surface area contributed by atoms with E-state index < -0.39 is 0 Å². The molecule has 1 aromatic carbocycles. The van der Waals surface area contributed by atoms with Crippen molar-refractivity contribution >= 4 is 5.65 Å². The number of piperidine rings is 1. The molecule has 1 fully saturated rings. The third-order valence-electron chi connectivity index (χ3n) is 6.87. The Bertz CT molecular complexity index is 1060. The molecule has 6 heteroatoms. The number of fused-ring (bicyclic) bond motifs is 5. The van der Waals surface area contributed by atoms with Crippen LogP contribution in [0.15, 0.2) is 36.7 Å². The maximum atomic E-state index is 14.8. The summed E-state index contributed by atoms with van der Waals surface area (Å²) in [5, 5.41) is 4.38. The van der Waals surface area contributed by atoms with E-state index in [9.17, 15) is 4.39 Å². The topological polar surface area (TPSA) is 42.7 Å². The first-order valence-electron chi connectivity index (χ1n) is 11.7. The zero-order chi connectivity index (χ0) is 21.2. The van der Waals surface area contributed by atoms with Crippen molar-refractivity contribution in [2.24, 2.45) is 5.92 Å². The smallest absolute Gasteiger partial charge is 0.163 e. The number of halogens is 1. The lowest BCUT2D eigenvalue weighted by molar-refractivity contribution is 0.0691. The van der Waals surface area contributed by atoms with Crippen LogP contribution in [0.3, 0.4) is 0 Å². The zero-order valence-electron chi connectivity index (χ0n) is 18.3. The van der Waals surface area contributed by atoms with Crippen LogP contribution in [0.5, 0.6) is 5.75 Å². The van der Waals surface area contributed by atoms with Crippen LogP contribution in [0.2, 0.25) is 0 Å². The second kappa shape index (κ2) is 8.95. The quantitative estimate of drug-likeness (QED) is 0.554. The number of benzene rings is 1. The average molecular weight is 425 g/mol. The number of aryl methyl sites for hydroxylation is 1. The van der Waals surface area contributed by atoms with Gasteiger partial charge >= 0.3 is 0 Å². The third-order valence-corrected chi connectivity index (χ3v) is 6.87. The summed E-state index contributed by atoms with van der Waals surface area (Å²) in [6, 6.07) is 7.48. The fraction of sp³-hybridized carbons (Fsp3) is 0.520. The number of rotatable bonds is 2. The normalized spacial score (nSPS) is 22.5. The highest BCUT2D eigenvalue weighted by atomic mass is 19.1. The largest absolute Gasteiger partial charge is 0.492 e. The fourth-order valence-electron chi connectivity index (χ4n) is 5.17. The van der Waals surface area contributed by atoms with Crippen molar-refractivity contribution in [3.8, 4) is 16.9 Å². The summed E-state index contributed by atoms with van der Waals surface area (Å²) < 4.78 is 22.7. The van der Waals surface area contributed by atoms with Crippen LogP contribution >= 0.6 is 0 Å². The number of hydrogen-bond donors (Lipinski definition) is 0. The van der Waals surface area contributed by atoms with Crippen molar-refractivity contribution in [2.75, 3.05) is 19.7 Å². The van der Waals surface area contributed by atoms with Gasteiger partial charge < -0.3 is 4.74 Å². The average Bonchev–Trinajstić information content (AvgIpc) is 3.20. The summed E-state index contributed by atoms with van der Waals surface area (Å²) in [4.78, 5) is 7.43. The predicted molar refractivity (Wildman–Crippen MR) is 122 cm³/mol. The molecule has 0 radical (unpaired) electrons. The van der Waals surface area contributed by atoms with E-state index in [-0.39, 0.29) is 7.24 Å². The van der Waals surface area contributed by atoms with Gasteiger partial charge in [0.1, 0.15) is 18.2 Å². The first-order valence-corrected chi connectivity index (χ1v) is 11.7. The molecule has 0 aliphatic carbocycles. The summed E-state index contributed by atoms with van der Waals surface area (Å²) in [5.74, 6) is 1.22. The van der Waals surface area contributed by atoms with Crippen molar-refractivity contribution in [1.82, 2.24) is 19.5 Å². The van der Waals surface area contributed by atoms with Crippen molar-refractivity contribution in [1.29, 1.82) is 0 Å². The number of ether oxygens (including phenoxy) is 1. The van der Waals surface area contributed by atoms with E-state index in [1.165, 1.54) is 31.7 Å². The van der Waals surface area contributed by atoms with Gasteiger partial charge in [-0.3, -0.25) is 4.90 Å². The molecule has 0 N–H and O–H groups in total. The van der Waals surface area contributed by atoms with Gasteiger partial charge in [0.15, 0.2) is 5.65 Å². The minimum absolute atomic E-state index is 0. The Balaban J connectivity index is 0.00000245. The molecule has 2 atom stereocenters. The lowest BCUT2D eigenvalue weighted by Gasteiger charge is -2.39. The van der Waals surface area contributed by atoms with Crippen LogP contribution in [-0.4, -0.2) is 45.2 Å². The molecule has 0 amide bonds. The molecule has 1 unspecified atom stereocenters. The zero-order valence-corrected chi connectivity index (χ0v) is 18.3. The number of aromatic nitrogens is 3. The molecule has 31 heavy (non-hydrogen) atoms. The Hall–Kier alpha value is -2.47. The SMILES string of the molecule is CCCC1CCN2CCCCc3ccn4ncc(c4n3)-c3cc(ccc3F)OC[C@H]2C1.[HH]. The van der Waals surface area contributed by atoms with Gasteiger partial charge in [-0.1, -0.05) is 19.8 Å². The molecule has 1 saturated heterocycles. The van der Waals surface area contributed by atoms with E-state index in [0.29, 0.717) is 35.2 Å². The molecule has 166 valence electrons. The molecule has 0 saturated carbocycles. The highest BCUT2D eigenvalue weighted by Gasteiger charge is 2.28. The molecule has 3 aromatic rings. The Morgan fingerprint density at radius 3 is 3.03 bits per heavy atom. The molecule has 2 aliphatic rings. The second-order valence-corrected chi connectivity index (χ2v) is 9.02. The molecule has 5 rings (SSSR count). The number of nitrogens with zero attached hydrogens (tertiary/aromatic N) is 4. The van der Waals surface area contributed by atoms with Gasteiger partial charge in [-0.25, -0.2) is 13.9 Å². The van der Waals surface area contributed by atoms with Crippen LogP contribution in [0.1, 0.15) is 52.6 Å². The predicted octanol–water partition coefficient (Wildman–Crippen LogP) is 5.38. The van der Waals surface area contributed by atoms with E-state index in [2.05, 4.69) is 16.9 Å². The summed E-state index contributed by atoms with van der Waals surface area (Å²) in [5.41, 5.74) is 2.94. The Labute approximate surface area is 184 Å². The van der Waals surface area contributed by atoms with Gasteiger partial charge in [-0.2, -0.15) is 5.10 Å². The van der Waals surface area contributed by atoms with E-state index in [4.69, 9.17) is 9.72 Å². The van der Waals surface area contributed by atoms with Gasteiger partial charge in [0.2, 0.25) is 0 Å². The summed E-state index contributed by atoms with van der Waals surface area (Å²) in [7, 11) is 0. The monoisotopic (exact) mass is 424 g/mol. The molecule has 4 bridgehead atoms. The lowest BCUT2D eigenvalue weighted by Crippen LogP contribution is -2.46. The summed E-state index contributed by atoms with van der Waals surface area (Å²) >= 11 is 0. The molecule has 2 aromatic heterocycles. The Morgan fingerprint density at radius 1 is 1.19 bits per heavy atom. The van der Waals surface area contributed by atoms with E-state index in [0.717, 1.165) is 44.0 Å². The van der Waals surface area contributed by atoms with Crippen LogP contribution in [0, 0.1) is 11.7 Å². The number of hydrogen-bond acceptors (Lipinski definition) is 4. The van der Waals surface area contributed by atoms with Crippen LogP contribution < -0.4 is 4.74 Å². The van der Waals surface area contributed by atoms with Crippen LogP contribution in [0.4, 0.5) is 4.39 Å². The molecular weight excluding hydrogens is 391 g/mol. The fourth-order valence-corrected chi connectivity index (χ4v) is 5.17. The highest BCUT2D eigenvalue weighted by Crippen LogP contribution is 2.32. The van der Waals surface area contributed by atoms with E-state index >= 15 is 0 Å². The van der Waals surface area contributed by atoms with E-state index in [1.54, 1.807) is 22.8 Å². The van der Waals surface area contributed by atoms with Gasteiger partial charge in [0.25, 0.3) is 0 Å². The highest BCUT2D eigenvalue weighted by molar-refractivity contribution is 5.78. The molecular formula is C25H33FN4O. The lowest BCUT2D eigenvalue weighted by atomic mass is 9.87. The Morgan fingerprint density at radius 2 is 2.13 bits per heavy atom. The minimum atomic E-state index is -0.277. The molecule has 4 heterocycles. The summed E-state index contributed by atoms with van der Waals surface area (Å²) in [6.45, 7) is 5.17. The Kier molecular flexibility index (Phi) is 5.90. The van der Waals surface area contributed by atoms with Gasteiger partial charge in [-0.05, 0) is 75.4 Å². The van der Waals surface area contributed by atoms with Crippen molar-refractivity contribution in [2.45, 2.75) is 57.9 Å². The van der Waals surface area contributed by atoms with Gasteiger partial charge in [-0.15, -0.1) is 0 Å². The first-order chi connectivity index (χ1) is 15.2. The van der Waals surface area contributed by atoms with Crippen LogP contribution in [-0.2, 0) is 6.42 Å². The minimum Gasteiger partial charge on any atom is -0.492 e. The molecule has 5 nitrogen and oxygen atoms in total. The molecule has 0 spiro atoms. The van der Waals surface area contributed by atoms with Crippen molar-refractivity contribution in [3.05, 3.63) is 48.2 Å². The maximum absolute atomic E-state index is 14.8.